The molecule has 1 heterocycles. The molecule has 1 saturated heterocycles. The van der Waals surface area contributed by atoms with Crippen molar-refractivity contribution in [3.63, 3.8) is 0 Å². The zero-order valence-corrected chi connectivity index (χ0v) is 15.5. The normalized spacial score (nSPS) is 18.4. The van der Waals surface area contributed by atoms with Crippen LogP contribution in [0.5, 0.6) is 0 Å². The van der Waals surface area contributed by atoms with E-state index in [0.29, 0.717) is 32.6 Å². The maximum atomic E-state index is 13.0. The van der Waals surface area contributed by atoms with Crippen LogP contribution in [-0.2, 0) is 16.1 Å². The molecule has 0 bridgehead atoms. The second-order valence-electron chi connectivity index (χ2n) is 6.97. The van der Waals surface area contributed by atoms with Gasteiger partial charge in [-0.25, -0.2) is 0 Å². The summed E-state index contributed by atoms with van der Waals surface area (Å²) in [5, 5.41) is 0. The van der Waals surface area contributed by atoms with Crippen molar-refractivity contribution in [3.05, 3.63) is 35.9 Å². The van der Waals surface area contributed by atoms with E-state index in [1.165, 1.54) is 0 Å². The van der Waals surface area contributed by atoms with Gasteiger partial charge in [-0.15, -0.1) is 0 Å². The highest BCUT2D eigenvalue weighted by atomic mass is 16.2. The molecule has 1 aromatic carbocycles. The number of nitrogens with zero attached hydrogens (tertiary/aromatic N) is 2. The van der Waals surface area contributed by atoms with E-state index in [9.17, 15) is 9.59 Å². The number of amides is 2. The highest BCUT2D eigenvalue weighted by Gasteiger charge is 2.38. The van der Waals surface area contributed by atoms with Gasteiger partial charge in [-0.3, -0.25) is 9.59 Å². The fraction of sp³-hybridized carbons (Fsp3) is 0.600. The highest BCUT2D eigenvalue weighted by Crippen LogP contribution is 2.24. The molecule has 1 aliphatic heterocycles. The van der Waals surface area contributed by atoms with Crippen LogP contribution in [-0.4, -0.2) is 47.3 Å². The van der Waals surface area contributed by atoms with Gasteiger partial charge in [0.15, 0.2) is 0 Å². The third kappa shape index (κ3) is 5.30. The standard InChI is InChI=1S/C20H31N3O2/c1-3-8-16(2)23-15-18(13-19(23)24)20(25)22(12-7-11-21)14-17-9-5-4-6-10-17/h4-6,9-10,16,18H,3,7-8,11-15,21H2,1-2H3. The molecule has 2 unspecified atom stereocenters. The lowest BCUT2D eigenvalue weighted by atomic mass is 10.1. The molecular formula is C20H31N3O2. The second kappa shape index (κ2) is 9.56. The SMILES string of the molecule is CCCC(C)N1CC(C(=O)N(CCCN)Cc2ccccc2)CC1=O. The van der Waals surface area contributed by atoms with E-state index in [-0.39, 0.29) is 23.8 Å². The summed E-state index contributed by atoms with van der Waals surface area (Å²) in [5.74, 6) is -0.0390. The molecule has 0 radical (unpaired) electrons. The van der Waals surface area contributed by atoms with E-state index in [1.807, 2.05) is 40.1 Å². The van der Waals surface area contributed by atoms with Crippen LogP contribution >= 0.6 is 0 Å². The monoisotopic (exact) mass is 345 g/mol. The summed E-state index contributed by atoms with van der Waals surface area (Å²) in [7, 11) is 0. The van der Waals surface area contributed by atoms with Crippen LogP contribution in [0.1, 0.15) is 45.1 Å². The molecule has 2 N–H and O–H groups in total. The summed E-state index contributed by atoms with van der Waals surface area (Å²) >= 11 is 0. The van der Waals surface area contributed by atoms with Gasteiger partial charge in [0.25, 0.3) is 0 Å². The number of carbonyl (C=O) groups excluding carboxylic acids is 2. The lowest BCUT2D eigenvalue weighted by molar-refractivity contribution is -0.136. The molecule has 0 saturated carbocycles. The van der Waals surface area contributed by atoms with Crippen molar-refractivity contribution in [2.75, 3.05) is 19.6 Å². The van der Waals surface area contributed by atoms with Gasteiger partial charge in [-0.05, 0) is 31.9 Å². The summed E-state index contributed by atoms with van der Waals surface area (Å²) in [6.07, 6.45) is 3.13. The fourth-order valence-electron chi connectivity index (χ4n) is 3.51. The van der Waals surface area contributed by atoms with Crippen molar-refractivity contribution in [2.45, 2.75) is 52.1 Å². The Morgan fingerprint density at radius 1 is 1.36 bits per heavy atom. The molecule has 25 heavy (non-hydrogen) atoms. The maximum absolute atomic E-state index is 13.0. The molecule has 2 rings (SSSR count). The van der Waals surface area contributed by atoms with Crippen LogP contribution in [0, 0.1) is 5.92 Å². The predicted molar refractivity (Wildman–Crippen MR) is 99.7 cm³/mol. The van der Waals surface area contributed by atoms with Gasteiger partial charge < -0.3 is 15.5 Å². The third-order valence-corrected chi connectivity index (χ3v) is 4.91. The largest absolute Gasteiger partial charge is 0.339 e. The van der Waals surface area contributed by atoms with Crippen LogP contribution in [0.15, 0.2) is 30.3 Å². The quantitative estimate of drug-likeness (QED) is 0.747. The van der Waals surface area contributed by atoms with Gasteiger partial charge in [0, 0.05) is 32.1 Å². The maximum Gasteiger partial charge on any atom is 0.228 e. The summed E-state index contributed by atoms with van der Waals surface area (Å²) in [5.41, 5.74) is 6.75. The average molecular weight is 345 g/mol. The molecule has 2 atom stereocenters. The van der Waals surface area contributed by atoms with Crippen molar-refractivity contribution >= 4 is 11.8 Å². The van der Waals surface area contributed by atoms with Crippen molar-refractivity contribution < 1.29 is 9.59 Å². The molecule has 1 aliphatic rings. The zero-order valence-electron chi connectivity index (χ0n) is 15.5. The lowest BCUT2D eigenvalue weighted by Crippen LogP contribution is -2.39. The first-order valence-electron chi connectivity index (χ1n) is 9.39. The number of hydrogen-bond donors (Lipinski definition) is 1. The Morgan fingerprint density at radius 3 is 2.72 bits per heavy atom. The summed E-state index contributed by atoms with van der Waals surface area (Å²) in [4.78, 5) is 29.1. The molecule has 1 aromatic rings. The molecule has 2 amide bonds. The average Bonchev–Trinajstić information content (AvgIpc) is 3.01. The number of rotatable bonds is 9. The first-order chi connectivity index (χ1) is 12.1. The third-order valence-electron chi connectivity index (χ3n) is 4.91. The van der Waals surface area contributed by atoms with E-state index in [4.69, 9.17) is 5.73 Å². The van der Waals surface area contributed by atoms with Crippen LogP contribution in [0.4, 0.5) is 0 Å². The topological polar surface area (TPSA) is 66.6 Å². The first-order valence-corrected chi connectivity index (χ1v) is 9.39. The van der Waals surface area contributed by atoms with Crippen molar-refractivity contribution in [1.29, 1.82) is 0 Å². The number of nitrogens with two attached hydrogens (primary N) is 1. The molecule has 0 aliphatic carbocycles. The molecule has 0 spiro atoms. The molecule has 5 nitrogen and oxygen atoms in total. The first kappa shape index (κ1) is 19.4. The predicted octanol–water partition coefficient (Wildman–Crippen LogP) is 2.40. The van der Waals surface area contributed by atoms with E-state index in [1.54, 1.807) is 0 Å². The molecule has 138 valence electrons. The minimum atomic E-state index is -0.228. The zero-order chi connectivity index (χ0) is 18.2. The lowest BCUT2D eigenvalue weighted by Gasteiger charge is -2.27. The van der Waals surface area contributed by atoms with Gasteiger partial charge in [-0.1, -0.05) is 43.7 Å². The van der Waals surface area contributed by atoms with E-state index in [0.717, 1.165) is 24.8 Å². The van der Waals surface area contributed by atoms with Gasteiger partial charge in [-0.2, -0.15) is 0 Å². The fourth-order valence-corrected chi connectivity index (χ4v) is 3.51. The van der Waals surface area contributed by atoms with E-state index < -0.39 is 0 Å². The Bertz CT molecular complexity index is 561. The van der Waals surface area contributed by atoms with Crippen molar-refractivity contribution in [1.82, 2.24) is 9.80 Å². The Kier molecular flexibility index (Phi) is 7.44. The van der Waals surface area contributed by atoms with Gasteiger partial charge >= 0.3 is 0 Å². The summed E-state index contributed by atoms with van der Waals surface area (Å²) < 4.78 is 0. The van der Waals surface area contributed by atoms with Crippen molar-refractivity contribution in [2.24, 2.45) is 11.7 Å². The minimum absolute atomic E-state index is 0.0804. The molecule has 0 aromatic heterocycles. The van der Waals surface area contributed by atoms with Crippen LogP contribution in [0.3, 0.4) is 0 Å². The minimum Gasteiger partial charge on any atom is -0.339 e. The number of carbonyl (C=O) groups is 2. The Labute approximate surface area is 151 Å². The van der Waals surface area contributed by atoms with Gasteiger partial charge in [0.05, 0.1) is 5.92 Å². The Hall–Kier alpha value is -1.88. The van der Waals surface area contributed by atoms with Crippen LogP contribution < -0.4 is 5.73 Å². The number of hydrogen-bond acceptors (Lipinski definition) is 3. The van der Waals surface area contributed by atoms with Crippen LogP contribution in [0.2, 0.25) is 0 Å². The molecular weight excluding hydrogens is 314 g/mol. The second-order valence-corrected chi connectivity index (χ2v) is 6.97. The Balaban J connectivity index is 2.04. The van der Waals surface area contributed by atoms with Gasteiger partial charge in [0.1, 0.15) is 0 Å². The van der Waals surface area contributed by atoms with Crippen LogP contribution in [0.25, 0.3) is 0 Å². The Morgan fingerprint density at radius 2 is 2.08 bits per heavy atom. The van der Waals surface area contributed by atoms with E-state index in [2.05, 4.69) is 13.8 Å². The van der Waals surface area contributed by atoms with Crippen molar-refractivity contribution in [3.8, 4) is 0 Å². The molecule has 5 heteroatoms. The van der Waals surface area contributed by atoms with E-state index >= 15 is 0 Å². The summed E-state index contributed by atoms with van der Waals surface area (Å²) in [6, 6.07) is 10.2. The highest BCUT2D eigenvalue weighted by molar-refractivity contribution is 5.89. The smallest absolute Gasteiger partial charge is 0.228 e. The number of likely N-dealkylation sites (tertiary alicyclic amines) is 1. The summed E-state index contributed by atoms with van der Waals surface area (Å²) in [6.45, 7) is 6.52. The molecule has 1 fully saturated rings. The van der Waals surface area contributed by atoms with Gasteiger partial charge in [0.2, 0.25) is 11.8 Å². The number of benzene rings is 1.